The molecule has 3 aromatic carbocycles. The monoisotopic (exact) mass is 507 g/mol. The highest BCUT2D eigenvalue weighted by Crippen LogP contribution is 2.29. The van der Waals surface area contributed by atoms with Crippen LogP contribution in [0.5, 0.6) is 11.5 Å². The first-order valence-corrected chi connectivity index (χ1v) is 12.2. The maximum atomic E-state index is 13.2. The van der Waals surface area contributed by atoms with Gasteiger partial charge in [0.1, 0.15) is 10.8 Å². The van der Waals surface area contributed by atoms with Gasteiger partial charge in [-0.1, -0.05) is 18.3 Å². The zero-order valence-corrected chi connectivity index (χ0v) is 21.5. The Labute approximate surface area is 216 Å². The van der Waals surface area contributed by atoms with E-state index >= 15 is 0 Å². The number of rotatable bonds is 7. The fourth-order valence-electron chi connectivity index (χ4n) is 4.31. The standard InChI is InChI=1S/C28H30FN3O3S/c1-19-14-20(2)16-23(15-19)30-27(33)18-35-25-9-4-21(17-26(25)34-3)28(36)32-12-10-31(11-13-32)24-7-5-22(29)6-8-24/h4-9,14-17H,10-13,18H2,1-3H3,(H,30,33). The fourth-order valence-corrected chi connectivity index (χ4v) is 4.62. The van der Waals surface area contributed by atoms with Gasteiger partial charge in [0.2, 0.25) is 0 Å². The lowest BCUT2D eigenvalue weighted by molar-refractivity contribution is -0.118. The number of carbonyl (C=O) groups excluding carboxylic acids is 1. The Kier molecular flexibility index (Phi) is 8.05. The molecular weight excluding hydrogens is 477 g/mol. The number of thiocarbonyl (C=S) groups is 1. The number of anilines is 2. The molecule has 0 radical (unpaired) electrons. The Morgan fingerprint density at radius 2 is 1.61 bits per heavy atom. The number of amides is 1. The number of benzene rings is 3. The number of halogens is 1. The minimum Gasteiger partial charge on any atom is -0.493 e. The van der Waals surface area contributed by atoms with Gasteiger partial charge in [0, 0.05) is 43.1 Å². The van der Waals surface area contributed by atoms with Crippen molar-refractivity contribution in [1.29, 1.82) is 0 Å². The topological polar surface area (TPSA) is 54.0 Å². The van der Waals surface area contributed by atoms with Crippen molar-refractivity contribution in [3.8, 4) is 11.5 Å². The van der Waals surface area contributed by atoms with Crippen LogP contribution < -0.4 is 19.7 Å². The second kappa shape index (κ2) is 11.4. The summed E-state index contributed by atoms with van der Waals surface area (Å²) in [6, 6.07) is 17.9. The molecule has 1 aliphatic rings. The third-order valence-electron chi connectivity index (χ3n) is 6.03. The van der Waals surface area contributed by atoms with Crippen LogP contribution >= 0.6 is 12.2 Å². The molecule has 1 amide bonds. The van der Waals surface area contributed by atoms with E-state index in [1.54, 1.807) is 25.3 Å². The molecule has 1 N–H and O–H groups in total. The van der Waals surface area contributed by atoms with Crippen LogP contribution in [0.2, 0.25) is 0 Å². The summed E-state index contributed by atoms with van der Waals surface area (Å²) in [6.07, 6.45) is 0. The van der Waals surface area contributed by atoms with E-state index in [0.717, 1.165) is 59.2 Å². The van der Waals surface area contributed by atoms with Gasteiger partial charge in [0.15, 0.2) is 18.1 Å². The maximum absolute atomic E-state index is 13.2. The number of piperazine rings is 1. The van der Waals surface area contributed by atoms with Crippen molar-refractivity contribution < 1.29 is 18.7 Å². The molecule has 0 spiro atoms. The highest BCUT2D eigenvalue weighted by Gasteiger charge is 2.21. The number of methoxy groups -OCH3 is 1. The van der Waals surface area contributed by atoms with Crippen LogP contribution in [0.4, 0.5) is 15.8 Å². The predicted molar refractivity (Wildman–Crippen MR) is 145 cm³/mol. The maximum Gasteiger partial charge on any atom is 0.262 e. The summed E-state index contributed by atoms with van der Waals surface area (Å²) in [5.74, 6) is 0.502. The van der Waals surface area contributed by atoms with Crippen LogP contribution in [0.15, 0.2) is 60.7 Å². The molecule has 0 atom stereocenters. The van der Waals surface area contributed by atoms with Crippen molar-refractivity contribution in [2.45, 2.75) is 13.8 Å². The van der Waals surface area contributed by atoms with E-state index in [9.17, 15) is 9.18 Å². The van der Waals surface area contributed by atoms with E-state index in [1.807, 2.05) is 38.1 Å². The Hall–Kier alpha value is -3.65. The first kappa shape index (κ1) is 25.4. The summed E-state index contributed by atoms with van der Waals surface area (Å²) in [6.45, 7) is 6.94. The number of aryl methyl sites for hydroxylation is 2. The second-order valence-corrected chi connectivity index (χ2v) is 9.22. The minimum atomic E-state index is -0.249. The molecule has 0 unspecified atom stereocenters. The largest absolute Gasteiger partial charge is 0.493 e. The van der Waals surface area contributed by atoms with Crippen LogP contribution in [0.25, 0.3) is 0 Å². The van der Waals surface area contributed by atoms with Gasteiger partial charge >= 0.3 is 0 Å². The van der Waals surface area contributed by atoms with Crippen molar-refractivity contribution in [3.63, 3.8) is 0 Å². The summed E-state index contributed by atoms with van der Waals surface area (Å²) in [7, 11) is 1.56. The Morgan fingerprint density at radius 1 is 0.944 bits per heavy atom. The molecule has 6 nitrogen and oxygen atoms in total. The van der Waals surface area contributed by atoms with Gasteiger partial charge in [-0.3, -0.25) is 4.79 Å². The zero-order valence-electron chi connectivity index (χ0n) is 20.7. The third-order valence-corrected chi connectivity index (χ3v) is 6.53. The average molecular weight is 508 g/mol. The van der Waals surface area contributed by atoms with E-state index in [1.165, 1.54) is 12.1 Å². The van der Waals surface area contributed by atoms with Gasteiger partial charge in [-0.05, 0) is 79.6 Å². The Morgan fingerprint density at radius 3 is 2.25 bits per heavy atom. The van der Waals surface area contributed by atoms with Gasteiger partial charge in [-0.25, -0.2) is 4.39 Å². The molecule has 1 saturated heterocycles. The molecule has 0 bridgehead atoms. The van der Waals surface area contributed by atoms with Crippen LogP contribution in [0, 0.1) is 19.7 Å². The van der Waals surface area contributed by atoms with Crippen molar-refractivity contribution >= 4 is 34.5 Å². The smallest absolute Gasteiger partial charge is 0.262 e. The third kappa shape index (κ3) is 6.31. The summed E-state index contributed by atoms with van der Waals surface area (Å²) in [5, 5.41) is 2.87. The number of nitrogens with one attached hydrogen (secondary N) is 1. The number of carbonyl (C=O) groups is 1. The molecular formula is C28H30FN3O3S. The Balaban J connectivity index is 1.34. The highest BCUT2D eigenvalue weighted by atomic mass is 32.1. The van der Waals surface area contributed by atoms with E-state index in [-0.39, 0.29) is 18.3 Å². The molecule has 1 fully saturated rings. The van der Waals surface area contributed by atoms with Gasteiger partial charge in [0.05, 0.1) is 7.11 Å². The normalized spacial score (nSPS) is 13.3. The summed E-state index contributed by atoms with van der Waals surface area (Å²) in [5.41, 5.74) is 4.76. The molecule has 4 rings (SSSR count). The number of hydrogen-bond donors (Lipinski definition) is 1. The lowest BCUT2D eigenvalue weighted by Gasteiger charge is -2.37. The SMILES string of the molecule is COc1cc(C(=S)N2CCN(c3ccc(F)cc3)CC2)ccc1OCC(=O)Nc1cc(C)cc(C)c1. The lowest BCUT2D eigenvalue weighted by Crippen LogP contribution is -2.48. The fraction of sp³-hybridized carbons (Fsp3) is 0.286. The molecule has 188 valence electrons. The minimum absolute atomic E-state index is 0.140. The average Bonchev–Trinajstić information content (AvgIpc) is 2.87. The predicted octanol–water partition coefficient (Wildman–Crippen LogP) is 4.97. The number of ether oxygens (including phenoxy) is 2. The first-order valence-electron chi connectivity index (χ1n) is 11.8. The van der Waals surface area contributed by atoms with Gasteiger partial charge in [-0.15, -0.1) is 0 Å². The quantitative estimate of drug-likeness (QED) is 0.456. The molecule has 1 aliphatic heterocycles. The van der Waals surface area contributed by atoms with Crippen molar-refractivity contribution in [2.24, 2.45) is 0 Å². The molecule has 0 aliphatic carbocycles. The van der Waals surface area contributed by atoms with Crippen LogP contribution in [-0.2, 0) is 4.79 Å². The van der Waals surface area contributed by atoms with Gasteiger partial charge in [0.25, 0.3) is 5.91 Å². The van der Waals surface area contributed by atoms with Crippen molar-refractivity contribution in [2.75, 3.05) is 50.1 Å². The van der Waals surface area contributed by atoms with Crippen molar-refractivity contribution in [1.82, 2.24) is 4.90 Å². The zero-order chi connectivity index (χ0) is 25.7. The van der Waals surface area contributed by atoms with Crippen molar-refractivity contribution in [3.05, 3.63) is 83.2 Å². The molecule has 36 heavy (non-hydrogen) atoms. The number of hydrogen-bond acceptors (Lipinski definition) is 5. The lowest BCUT2D eigenvalue weighted by atomic mass is 10.1. The number of nitrogens with zero attached hydrogens (tertiary/aromatic N) is 2. The van der Waals surface area contributed by atoms with Crippen LogP contribution in [0.3, 0.4) is 0 Å². The molecule has 0 aromatic heterocycles. The van der Waals surface area contributed by atoms with E-state index in [0.29, 0.717) is 11.5 Å². The first-order chi connectivity index (χ1) is 17.3. The molecule has 8 heteroatoms. The molecule has 3 aromatic rings. The molecule has 0 saturated carbocycles. The van der Waals surface area contributed by atoms with Gasteiger partial charge in [-0.2, -0.15) is 0 Å². The van der Waals surface area contributed by atoms with E-state index in [4.69, 9.17) is 21.7 Å². The molecule has 1 heterocycles. The summed E-state index contributed by atoms with van der Waals surface area (Å²) in [4.78, 5) is 17.5. The summed E-state index contributed by atoms with van der Waals surface area (Å²) < 4.78 is 24.5. The van der Waals surface area contributed by atoms with E-state index < -0.39 is 0 Å². The Bertz CT molecular complexity index is 1220. The second-order valence-electron chi connectivity index (χ2n) is 8.83. The van der Waals surface area contributed by atoms with E-state index in [2.05, 4.69) is 21.2 Å². The summed E-state index contributed by atoms with van der Waals surface area (Å²) >= 11 is 5.76. The van der Waals surface area contributed by atoms with Crippen LogP contribution in [-0.4, -0.2) is 55.7 Å². The van der Waals surface area contributed by atoms with Crippen LogP contribution in [0.1, 0.15) is 16.7 Å². The highest BCUT2D eigenvalue weighted by molar-refractivity contribution is 7.80. The van der Waals surface area contributed by atoms with Gasteiger partial charge < -0.3 is 24.6 Å².